The van der Waals surface area contributed by atoms with E-state index in [-0.39, 0.29) is 33.7 Å². The van der Waals surface area contributed by atoms with E-state index in [0.717, 1.165) is 11.8 Å². The fraction of sp³-hybridized carbons (Fsp3) is 0.611. The van der Waals surface area contributed by atoms with Crippen molar-refractivity contribution in [1.82, 2.24) is 0 Å². The van der Waals surface area contributed by atoms with Gasteiger partial charge in [0, 0.05) is 5.56 Å². The van der Waals surface area contributed by atoms with Gasteiger partial charge in [-0.1, -0.05) is 25.6 Å². The lowest BCUT2D eigenvalue weighted by molar-refractivity contribution is -0.277. The second-order valence-electron chi connectivity index (χ2n) is 6.78. The molecule has 0 unspecified atom stereocenters. The Morgan fingerprint density at radius 2 is 1.89 bits per heavy atom. The van der Waals surface area contributed by atoms with E-state index in [0.29, 0.717) is 5.56 Å². The van der Waals surface area contributed by atoms with Crippen molar-refractivity contribution in [2.75, 3.05) is 12.9 Å². The lowest BCUT2D eigenvalue weighted by atomic mass is 9.94. The highest BCUT2D eigenvalue weighted by molar-refractivity contribution is 8.13. The molecule has 0 aromatic heterocycles. The number of aliphatic hydroxyl groups is 4. The van der Waals surface area contributed by atoms with E-state index >= 15 is 0 Å². The zero-order valence-electron chi connectivity index (χ0n) is 15.6. The van der Waals surface area contributed by atoms with Gasteiger partial charge in [-0.05, 0) is 30.7 Å². The van der Waals surface area contributed by atoms with Crippen LogP contribution in [0.4, 0.5) is 0 Å². The van der Waals surface area contributed by atoms with Crippen molar-refractivity contribution in [2.45, 2.75) is 57.4 Å². The van der Waals surface area contributed by atoms with Gasteiger partial charge in [0.25, 0.3) is 0 Å². The summed E-state index contributed by atoms with van der Waals surface area (Å²) in [6, 6.07) is 1.50. The minimum atomic E-state index is -1.62. The number of phenols is 1. The summed E-state index contributed by atoms with van der Waals surface area (Å²) in [6.45, 7) is 4.67. The van der Waals surface area contributed by atoms with Gasteiger partial charge in [0.1, 0.15) is 35.9 Å². The van der Waals surface area contributed by atoms with Gasteiger partial charge >= 0.3 is 0 Å². The zero-order valence-corrected chi connectivity index (χ0v) is 16.4. The standard InChI is InChI=1S/C18H26O8S/c1-7(2)9-5-10(20)8(3)16(12(9)17(24)27-4)26-18-15(23)14(22)13(21)11(6-19)25-18/h5,7,11,13-15,18-23H,6H2,1-4H3/t11-,13-,14+,15-,18+/m1/s1. The predicted molar refractivity (Wildman–Crippen MR) is 99.2 cm³/mol. The smallest absolute Gasteiger partial charge is 0.229 e. The number of hydrogen-bond donors (Lipinski definition) is 5. The van der Waals surface area contributed by atoms with Gasteiger partial charge in [-0.15, -0.1) is 0 Å². The first-order chi connectivity index (χ1) is 12.6. The van der Waals surface area contributed by atoms with Gasteiger partial charge < -0.3 is 35.0 Å². The number of aliphatic hydroxyl groups excluding tert-OH is 4. The summed E-state index contributed by atoms with van der Waals surface area (Å²) in [7, 11) is 0. The van der Waals surface area contributed by atoms with Crippen molar-refractivity contribution in [3.63, 3.8) is 0 Å². The van der Waals surface area contributed by atoms with E-state index in [1.54, 1.807) is 13.2 Å². The molecule has 5 atom stereocenters. The molecule has 1 aliphatic heterocycles. The summed E-state index contributed by atoms with van der Waals surface area (Å²) in [5.41, 5.74) is 1.08. The van der Waals surface area contributed by atoms with Crippen molar-refractivity contribution in [1.29, 1.82) is 0 Å². The van der Waals surface area contributed by atoms with Crippen molar-refractivity contribution >= 4 is 16.9 Å². The summed E-state index contributed by atoms with van der Waals surface area (Å²) >= 11 is 0.974. The first-order valence-electron chi connectivity index (χ1n) is 8.55. The molecule has 0 bridgehead atoms. The molecule has 0 saturated carbocycles. The molecule has 2 rings (SSSR count). The normalized spacial score (nSPS) is 28.4. The molecule has 8 nitrogen and oxygen atoms in total. The second-order valence-corrected chi connectivity index (χ2v) is 7.55. The molecule has 1 aromatic carbocycles. The molecule has 1 aromatic rings. The Hall–Kier alpha value is -1.36. The molecule has 152 valence electrons. The summed E-state index contributed by atoms with van der Waals surface area (Å²) in [5, 5.41) is 49.3. The van der Waals surface area contributed by atoms with Gasteiger partial charge in [0.05, 0.1) is 12.2 Å². The quantitative estimate of drug-likeness (QED) is 0.477. The first kappa shape index (κ1) is 21.9. The zero-order chi connectivity index (χ0) is 20.5. The summed E-state index contributed by atoms with van der Waals surface area (Å²) in [4.78, 5) is 12.6. The van der Waals surface area contributed by atoms with Gasteiger partial charge in [-0.3, -0.25) is 4.79 Å². The molecular weight excluding hydrogens is 376 g/mol. The van der Waals surface area contributed by atoms with Crippen LogP contribution in [0, 0.1) is 6.92 Å². The van der Waals surface area contributed by atoms with Crippen LogP contribution >= 0.6 is 11.8 Å². The molecule has 5 N–H and O–H groups in total. The van der Waals surface area contributed by atoms with Crippen LogP contribution in [0.5, 0.6) is 11.5 Å². The highest BCUT2D eigenvalue weighted by Crippen LogP contribution is 2.40. The van der Waals surface area contributed by atoms with E-state index in [9.17, 15) is 30.3 Å². The van der Waals surface area contributed by atoms with E-state index in [2.05, 4.69) is 0 Å². The third-order valence-electron chi connectivity index (χ3n) is 4.63. The number of aromatic hydroxyl groups is 1. The molecular formula is C18H26O8S. The van der Waals surface area contributed by atoms with Crippen LogP contribution in [0.15, 0.2) is 6.07 Å². The monoisotopic (exact) mass is 402 g/mol. The summed E-state index contributed by atoms with van der Waals surface area (Å²) < 4.78 is 11.1. The number of phenolic OH excluding ortho intramolecular Hbond substituents is 1. The van der Waals surface area contributed by atoms with E-state index in [4.69, 9.17) is 9.47 Å². The van der Waals surface area contributed by atoms with Crippen molar-refractivity contribution in [2.24, 2.45) is 0 Å². The Balaban J connectivity index is 2.52. The van der Waals surface area contributed by atoms with Crippen LogP contribution in [0.25, 0.3) is 0 Å². The molecule has 0 spiro atoms. The van der Waals surface area contributed by atoms with Crippen LogP contribution < -0.4 is 4.74 Å². The van der Waals surface area contributed by atoms with Crippen molar-refractivity contribution in [3.05, 3.63) is 22.8 Å². The van der Waals surface area contributed by atoms with E-state index < -0.39 is 37.3 Å². The minimum absolute atomic E-state index is 0.0300. The Labute approximate surface area is 161 Å². The molecule has 1 fully saturated rings. The molecule has 27 heavy (non-hydrogen) atoms. The maximum Gasteiger partial charge on any atom is 0.229 e. The maximum atomic E-state index is 12.6. The van der Waals surface area contributed by atoms with E-state index in [1.807, 2.05) is 13.8 Å². The molecule has 0 radical (unpaired) electrons. The Morgan fingerprint density at radius 1 is 1.26 bits per heavy atom. The Bertz CT molecular complexity index is 690. The average Bonchev–Trinajstić information content (AvgIpc) is 2.64. The highest BCUT2D eigenvalue weighted by Gasteiger charge is 2.45. The van der Waals surface area contributed by atoms with Gasteiger partial charge in [0.15, 0.2) is 0 Å². The molecule has 0 aliphatic carbocycles. The maximum absolute atomic E-state index is 12.6. The average molecular weight is 402 g/mol. The lowest BCUT2D eigenvalue weighted by Gasteiger charge is -2.40. The topological polar surface area (TPSA) is 137 Å². The fourth-order valence-corrected chi connectivity index (χ4v) is 3.37. The minimum Gasteiger partial charge on any atom is -0.508 e. The molecule has 1 saturated heterocycles. The number of carbonyl (C=O) groups excluding carboxylic acids is 1. The first-order valence-corrected chi connectivity index (χ1v) is 9.78. The van der Waals surface area contributed by atoms with Gasteiger partial charge in [0.2, 0.25) is 11.4 Å². The summed E-state index contributed by atoms with van der Waals surface area (Å²) in [5.74, 6) is -0.155. The number of hydrogen-bond acceptors (Lipinski definition) is 9. The lowest BCUT2D eigenvalue weighted by Crippen LogP contribution is -2.60. The van der Waals surface area contributed by atoms with Crippen LogP contribution in [-0.4, -0.2) is 74.2 Å². The third kappa shape index (κ3) is 4.23. The molecule has 1 aliphatic rings. The van der Waals surface area contributed by atoms with Crippen molar-refractivity contribution < 1.29 is 39.8 Å². The Kier molecular flexibility index (Phi) is 7.12. The van der Waals surface area contributed by atoms with Gasteiger partial charge in [-0.2, -0.15) is 0 Å². The SMILES string of the molecule is CSC(=O)c1c(C(C)C)cc(O)c(C)c1O[C@@H]1O[C@H](CO)[C@@H](O)[C@H](O)[C@H]1O. The van der Waals surface area contributed by atoms with Crippen LogP contribution in [-0.2, 0) is 4.74 Å². The van der Waals surface area contributed by atoms with Crippen molar-refractivity contribution in [3.8, 4) is 11.5 Å². The van der Waals surface area contributed by atoms with E-state index in [1.165, 1.54) is 6.07 Å². The number of rotatable bonds is 5. The number of ether oxygens (including phenoxy) is 2. The molecule has 1 heterocycles. The number of thioether (sulfide) groups is 1. The second kappa shape index (κ2) is 8.76. The molecule has 9 heteroatoms. The molecule has 0 amide bonds. The van der Waals surface area contributed by atoms with Gasteiger partial charge in [-0.25, -0.2) is 0 Å². The highest BCUT2D eigenvalue weighted by atomic mass is 32.2. The van der Waals surface area contributed by atoms with Crippen LogP contribution in [0.1, 0.15) is 41.3 Å². The Morgan fingerprint density at radius 3 is 2.41 bits per heavy atom. The van der Waals surface area contributed by atoms with Crippen LogP contribution in [0.3, 0.4) is 0 Å². The predicted octanol–water partition coefficient (Wildman–Crippen LogP) is 0.506. The summed E-state index contributed by atoms with van der Waals surface area (Å²) in [6.07, 6.45) is -5.72. The number of carbonyl (C=O) groups is 1. The largest absolute Gasteiger partial charge is 0.508 e. The van der Waals surface area contributed by atoms with Crippen LogP contribution in [0.2, 0.25) is 0 Å². The number of benzene rings is 1. The fourth-order valence-electron chi connectivity index (χ4n) is 2.96. The third-order valence-corrected chi connectivity index (χ3v) is 5.20.